The molecule has 0 saturated carbocycles. The zero-order valence-electron chi connectivity index (χ0n) is 51.4. The van der Waals surface area contributed by atoms with Crippen molar-refractivity contribution in [3.05, 3.63) is 0 Å². The fraction of sp³-hybridized carbons (Fsp3) is 0.955. The highest BCUT2D eigenvalue weighted by Gasteiger charge is 2.18. The summed E-state index contributed by atoms with van der Waals surface area (Å²) in [6, 6.07) is 0.716. The Balaban J connectivity index is 4.96. The molecule has 0 saturated heterocycles. The second-order valence-corrected chi connectivity index (χ2v) is 23.9. The summed E-state index contributed by atoms with van der Waals surface area (Å²) in [6.45, 7) is 13.9. The van der Waals surface area contributed by atoms with E-state index in [1.165, 1.54) is 231 Å². The van der Waals surface area contributed by atoms with Gasteiger partial charge in [-0.1, -0.05) is 279 Å². The fourth-order valence-electron chi connectivity index (χ4n) is 11.1. The van der Waals surface area contributed by atoms with Gasteiger partial charge in [-0.15, -0.1) is 0 Å². The number of hydrogen-bond acceptors (Lipinski definition) is 5. The first-order chi connectivity index (χ1) is 36.2. The lowest BCUT2D eigenvalue weighted by atomic mass is 9.96. The normalized spacial score (nSPS) is 12.9. The SMILES string of the molecule is CCCCCCCCCCC(CCC(=O)NC(CCCCCCCCC(=O)OCC(CCCC)CCCCCC)CCCCCCCCC(=O)N(CCCCCCCCCC)CCCCCCCCCC)N(C)C. The Bertz CT molecular complexity index is 1160. The first-order valence-corrected chi connectivity index (χ1v) is 33.6. The van der Waals surface area contributed by atoms with Gasteiger partial charge in [-0.25, -0.2) is 0 Å². The number of amides is 2. The molecule has 0 aliphatic carbocycles. The molecule has 440 valence electrons. The highest BCUT2D eigenvalue weighted by molar-refractivity contribution is 5.76. The highest BCUT2D eigenvalue weighted by Crippen LogP contribution is 2.21. The molecule has 0 aromatic heterocycles. The molecule has 0 heterocycles. The third-order valence-corrected chi connectivity index (χ3v) is 16.4. The smallest absolute Gasteiger partial charge is 0.305 e. The third-order valence-electron chi connectivity index (χ3n) is 16.4. The van der Waals surface area contributed by atoms with Crippen LogP contribution in [0.1, 0.15) is 362 Å². The second kappa shape index (κ2) is 57.5. The summed E-state index contributed by atoms with van der Waals surface area (Å²) in [5, 5.41) is 3.53. The quantitative estimate of drug-likeness (QED) is 0.0485. The Kier molecular flexibility index (Phi) is 56.3. The van der Waals surface area contributed by atoms with Gasteiger partial charge in [0.2, 0.25) is 11.8 Å². The number of nitrogens with zero attached hydrogens (tertiary/aromatic N) is 2. The first-order valence-electron chi connectivity index (χ1n) is 33.6. The Morgan fingerprint density at radius 2 is 0.716 bits per heavy atom. The molecule has 7 nitrogen and oxygen atoms in total. The van der Waals surface area contributed by atoms with Gasteiger partial charge in [-0.2, -0.15) is 0 Å². The largest absolute Gasteiger partial charge is 0.465 e. The van der Waals surface area contributed by atoms with Crippen LogP contribution in [0.15, 0.2) is 0 Å². The van der Waals surface area contributed by atoms with Gasteiger partial charge < -0.3 is 19.9 Å². The molecule has 3 atom stereocenters. The van der Waals surface area contributed by atoms with Crippen LogP contribution in [-0.2, 0) is 19.1 Å². The van der Waals surface area contributed by atoms with Crippen molar-refractivity contribution < 1.29 is 19.1 Å². The molecular formula is C67H133N3O4. The van der Waals surface area contributed by atoms with Crippen LogP contribution >= 0.6 is 0 Å². The molecule has 0 spiro atoms. The Morgan fingerprint density at radius 1 is 0.365 bits per heavy atom. The van der Waals surface area contributed by atoms with Crippen molar-refractivity contribution >= 4 is 17.8 Å². The molecule has 7 heteroatoms. The first kappa shape index (κ1) is 72.4. The van der Waals surface area contributed by atoms with E-state index in [1.807, 2.05) is 0 Å². The Hall–Kier alpha value is -1.63. The van der Waals surface area contributed by atoms with Gasteiger partial charge in [0.25, 0.3) is 0 Å². The van der Waals surface area contributed by atoms with Crippen LogP contribution in [0.4, 0.5) is 0 Å². The van der Waals surface area contributed by atoms with Crippen molar-refractivity contribution in [2.24, 2.45) is 5.92 Å². The van der Waals surface area contributed by atoms with E-state index in [9.17, 15) is 14.4 Å². The van der Waals surface area contributed by atoms with E-state index < -0.39 is 0 Å². The van der Waals surface area contributed by atoms with Crippen LogP contribution in [0.2, 0.25) is 0 Å². The van der Waals surface area contributed by atoms with E-state index in [0.717, 1.165) is 90.1 Å². The zero-order valence-corrected chi connectivity index (χ0v) is 51.4. The average molecular weight is 1040 g/mol. The van der Waals surface area contributed by atoms with Gasteiger partial charge in [-0.05, 0) is 84.2 Å². The molecule has 74 heavy (non-hydrogen) atoms. The molecular weight excluding hydrogens is 911 g/mol. The van der Waals surface area contributed by atoms with Crippen LogP contribution < -0.4 is 5.32 Å². The molecule has 0 aromatic rings. The van der Waals surface area contributed by atoms with Gasteiger partial charge >= 0.3 is 5.97 Å². The maximum atomic E-state index is 13.5. The molecule has 0 aliphatic heterocycles. The van der Waals surface area contributed by atoms with Crippen molar-refractivity contribution in [1.29, 1.82) is 0 Å². The van der Waals surface area contributed by atoms with E-state index in [1.54, 1.807) is 0 Å². The summed E-state index contributed by atoms with van der Waals surface area (Å²) in [4.78, 5) is 44.2. The lowest BCUT2D eigenvalue weighted by molar-refractivity contribution is -0.145. The van der Waals surface area contributed by atoms with Gasteiger partial charge in [-0.3, -0.25) is 14.4 Å². The molecule has 0 aromatic carbocycles. The molecule has 0 radical (unpaired) electrons. The van der Waals surface area contributed by atoms with E-state index in [0.29, 0.717) is 43.7 Å². The average Bonchev–Trinajstić information content (AvgIpc) is 3.39. The third kappa shape index (κ3) is 49.9. The van der Waals surface area contributed by atoms with E-state index in [-0.39, 0.29) is 17.9 Å². The summed E-state index contributed by atoms with van der Waals surface area (Å²) in [7, 11) is 4.37. The molecule has 0 bridgehead atoms. The highest BCUT2D eigenvalue weighted by atomic mass is 16.5. The maximum Gasteiger partial charge on any atom is 0.305 e. The standard InChI is InChI=1S/C67H133N3O4/c1-8-13-18-22-25-28-37-45-54-64(69(6)7)57-58-65(71)68-63(53-44-36-30-32-39-47-56-67(73)74-61-62(50-17-12-5)51-42-21-16-11-4)52-43-35-29-31-38-46-55-66(72)70(59-48-40-33-26-23-19-14-9-2)60-49-41-34-27-24-20-15-10-3/h62-64H,8-61H2,1-7H3,(H,68,71). The van der Waals surface area contributed by atoms with Crippen LogP contribution in [-0.4, -0.2) is 73.5 Å². The van der Waals surface area contributed by atoms with Crippen molar-refractivity contribution in [3.63, 3.8) is 0 Å². The van der Waals surface area contributed by atoms with Crippen molar-refractivity contribution in [2.75, 3.05) is 33.8 Å². The summed E-state index contributed by atoms with van der Waals surface area (Å²) >= 11 is 0. The molecule has 3 unspecified atom stereocenters. The molecule has 0 fully saturated rings. The molecule has 0 rings (SSSR count). The van der Waals surface area contributed by atoms with Gasteiger partial charge in [0.15, 0.2) is 0 Å². The zero-order chi connectivity index (χ0) is 54.2. The number of esters is 1. The van der Waals surface area contributed by atoms with Crippen molar-refractivity contribution in [1.82, 2.24) is 15.1 Å². The monoisotopic (exact) mass is 1040 g/mol. The predicted molar refractivity (Wildman–Crippen MR) is 324 cm³/mol. The minimum absolute atomic E-state index is 0.00525. The number of carbonyl (C=O) groups excluding carboxylic acids is 3. The number of nitrogens with one attached hydrogen (secondary N) is 1. The number of hydrogen-bond donors (Lipinski definition) is 1. The lowest BCUT2D eigenvalue weighted by Gasteiger charge is -2.25. The summed E-state index contributed by atoms with van der Waals surface area (Å²) in [6.07, 6.45) is 61.3. The molecule has 2 amide bonds. The number of rotatable bonds is 60. The number of unbranched alkanes of at least 4 members (excludes halogenated alkanes) is 35. The summed E-state index contributed by atoms with van der Waals surface area (Å²) in [5.74, 6) is 1.15. The van der Waals surface area contributed by atoms with E-state index in [4.69, 9.17) is 4.74 Å². The predicted octanol–water partition coefficient (Wildman–Crippen LogP) is 20.4. The number of carbonyl (C=O) groups is 3. The molecule has 1 N–H and O–H groups in total. The summed E-state index contributed by atoms with van der Waals surface area (Å²) in [5.41, 5.74) is 0. The van der Waals surface area contributed by atoms with E-state index >= 15 is 0 Å². The maximum absolute atomic E-state index is 13.5. The van der Waals surface area contributed by atoms with Crippen molar-refractivity contribution in [3.8, 4) is 0 Å². The lowest BCUT2D eigenvalue weighted by Crippen LogP contribution is -2.36. The summed E-state index contributed by atoms with van der Waals surface area (Å²) < 4.78 is 5.79. The van der Waals surface area contributed by atoms with Gasteiger partial charge in [0, 0.05) is 44.4 Å². The fourth-order valence-corrected chi connectivity index (χ4v) is 11.1. The van der Waals surface area contributed by atoms with Crippen LogP contribution in [0.5, 0.6) is 0 Å². The minimum Gasteiger partial charge on any atom is -0.465 e. The molecule has 0 aliphatic rings. The Morgan fingerprint density at radius 3 is 1.16 bits per heavy atom. The van der Waals surface area contributed by atoms with Crippen LogP contribution in [0.3, 0.4) is 0 Å². The van der Waals surface area contributed by atoms with Crippen LogP contribution in [0.25, 0.3) is 0 Å². The number of ether oxygens (including phenoxy) is 1. The topological polar surface area (TPSA) is 78.9 Å². The van der Waals surface area contributed by atoms with Crippen LogP contribution in [0, 0.1) is 5.92 Å². The van der Waals surface area contributed by atoms with Crippen molar-refractivity contribution in [2.45, 2.75) is 374 Å². The second-order valence-electron chi connectivity index (χ2n) is 23.9. The van der Waals surface area contributed by atoms with Gasteiger partial charge in [0.05, 0.1) is 6.61 Å². The van der Waals surface area contributed by atoms with Gasteiger partial charge in [0.1, 0.15) is 0 Å². The van der Waals surface area contributed by atoms with E-state index in [2.05, 4.69) is 63.8 Å². The minimum atomic E-state index is -0.00525. The Labute approximate surface area is 463 Å².